The minimum Gasteiger partial charge on any atom is -0.480 e. The van der Waals surface area contributed by atoms with Gasteiger partial charge in [0.15, 0.2) is 0 Å². The molecule has 4 atom stereocenters. The number of rotatable bonds is 12. The van der Waals surface area contributed by atoms with Gasteiger partial charge in [0.2, 0.25) is 17.7 Å². The maximum Gasteiger partial charge on any atom is 0.322 e. The molecule has 0 aliphatic heterocycles. The van der Waals surface area contributed by atoms with Gasteiger partial charge in [0.05, 0.1) is 6.04 Å². The van der Waals surface area contributed by atoms with Crippen LogP contribution in [0.25, 0.3) is 0 Å². The lowest BCUT2D eigenvalue weighted by Crippen LogP contribution is -2.58. The quantitative estimate of drug-likeness (QED) is 0.322. The molecular formula is C22H34N4O5. The monoisotopic (exact) mass is 434 g/mol. The highest BCUT2D eigenvalue weighted by Crippen LogP contribution is 2.11. The fourth-order valence-electron chi connectivity index (χ4n) is 2.86. The molecule has 0 aliphatic carbocycles. The summed E-state index contributed by atoms with van der Waals surface area (Å²) in [6, 6.07) is 6.40. The summed E-state index contributed by atoms with van der Waals surface area (Å²) < 4.78 is 0. The van der Waals surface area contributed by atoms with E-state index in [-0.39, 0.29) is 18.3 Å². The van der Waals surface area contributed by atoms with E-state index >= 15 is 0 Å². The van der Waals surface area contributed by atoms with Gasteiger partial charge in [-0.25, -0.2) is 0 Å². The van der Waals surface area contributed by atoms with E-state index in [1.165, 1.54) is 0 Å². The molecule has 0 saturated carbocycles. The van der Waals surface area contributed by atoms with Gasteiger partial charge in [-0.2, -0.15) is 0 Å². The lowest BCUT2D eigenvalue weighted by Gasteiger charge is -2.28. The van der Waals surface area contributed by atoms with Crippen molar-refractivity contribution in [3.63, 3.8) is 0 Å². The van der Waals surface area contributed by atoms with Crippen molar-refractivity contribution in [2.24, 2.45) is 17.6 Å². The first kappa shape index (κ1) is 26.1. The first-order valence-corrected chi connectivity index (χ1v) is 10.5. The first-order chi connectivity index (χ1) is 14.6. The molecule has 0 radical (unpaired) electrons. The highest BCUT2D eigenvalue weighted by molar-refractivity contribution is 5.94. The number of nitrogens with one attached hydrogen (secondary N) is 3. The Balaban J connectivity index is 3.02. The zero-order valence-corrected chi connectivity index (χ0v) is 18.6. The lowest BCUT2D eigenvalue weighted by molar-refractivity contribution is -0.138. The predicted octanol–water partition coefficient (Wildman–Crippen LogP) is 0.429. The summed E-state index contributed by atoms with van der Waals surface area (Å²) >= 11 is 0. The average molecular weight is 435 g/mol. The molecule has 0 heterocycles. The van der Waals surface area contributed by atoms with Crippen LogP contribution in [0.2, 0.25) is 0 Å². The molecule has 1 aromatic rings. The zero-order valence-electron chi connectivity index (χ0n) is 18.6. The van der Waals surface area contributed by atoms with Gasteiger partial charge in [0.25, 0.3) is 0 Å². The Morgan fingerprint density at radius 2 is 1.58 bits per heavy atom. The van der Waals surface area contributed by atoms with Crippen molar-refractivity contribution in [1.29, 1.82) is 0 Å². The zero-order chi connectivity index (χ0) is 23.6. The van der Waals surface area contributed by atoms with Crippen molar-refractivity contribution in [2.75, 3.05) is 6.54 Å². The van der Waals surface area contributed by atoms with E-state index in [9.17, 15) is 19.2 Å². The van der Waals surface area contributed by atoms with E-state index in [0.717, 1.165) is 5.56 Å². The van der Waals surface area contributed by atoms with Crippen LogP contribution in [0.5, 0.6) is 0 Å². The number of amides is 3. The molecule has 0 saturated heterocycles. The topological polar surface area (TPSA) is 151 Å². The number of carbonyl (C=O) groups is 4. The Labute approximate surface area is 183 Å². The van der Waals surface area contributed by atoms with Crippen LogP contribution in [-0.2, 0) is 25.6 Å². The van der Waals surface area contributed by atoms with Gasteiger partial charge in [-0.15, -0.1) is 0 Å². The van der Waals surface area contributed by atoms with Crippen LogP contribution in [0.4, 0.5) is 0 Å². The van der Waals surface area contributed by atoms with Gasteiger partial charge in [-0.3, -0.25) is 19.2 Å². The summed E-state index contributed by atoms with van der Waals surface area (Å²) in [5.41, 5.74) is 6.70. The SMILES string of the molecule is CCC(C)C(NC(=O)C(N)C(C)C)C(=O)NC(Cc1ccccc1)C(=O)NCC(=O)O. The number of hydrogen-bond donors (Lipinski definition) is 5. The molecule has 0 aliphatic rings. The molecule has 3 amide bonds. The summed E-state index contributed by atoms with van der Waals surface area (Å²) in [5.74, 6) is -3.08. The lowest BCUT2D eigenvalue weighted by atomic mass is 9.96. The number of carbonyl (C=O) groups excluding carboxylic acids is 3. The molecule has 6 N–H and O–H groups in total. The second-order valence-corrected chi connectivity index (χ2v) is 8.00. The van der Waals surface area contributed by atoms with Crippen molar-refractivity contribution in [1.82, 2.24) is 16.0 Å². The van der Waals surface area contributed by atoms with Gasteiger partial charge >= 0.3 is 5.97 Å². The molecule has 9 heteroatoms. The average Bonchev–Trinajstić information content (AvgIpc) is 2.74. The standard InChI is InChI=1S/C22H34N4O5/c1-5-14(4)19(26-21(30)18(23)13(2)3)22(31)25-16(20(29)24-12-17(27)28)11-15-9-7-6-8-10-15/h6-10,13-14,16,18-19H,5,11-12,23H2,1-4H3,(H,24,29)(H,25,31)(H,26,30)(H,27,28). The van der Waals surface area contributed by atoms with Gasteiger partial charge in [0, 0.05) is 6.42 Å². The van der Waals surface area contributed by atoms with E-state index in [0.29, 0.717) is 6.42 Å². The Bertz CT molecular complexity index is 754. The molecule has 0 spiro atoms. The van der Waals surface area contributed by atoms with Crippen molar-refractivity contribution >= 4 is 23.7 Å². The molecule has 4 unspecified atom stereocenters. The largest absolute Gasteiger partial charge is 0.480 e. The Morgan fingerprint density at radius 3 is 2.10 bits per heavy atom. The summed E-state index contributed by atoms with van der Waals surface area (Å²) in [5, 5.41) is 16.5. The number of hydrogen-bond acceptors (Lipinski definition) is 5. The second-order valence-electron chi connectivity index (χ2n) is 8.00. The Kier molecular flexibility index (Phi) is 10.7. The Hall–Kier alpha value is -2.94. The second kappa shape index (κ2) is 12.7. The maximum absolute atomic E-state index is 13.1. The Morgan fingerprint density at radius 1 is 0.968 bits per heavy atom. The smallest absolute Gasteiger partial charge is 0.322 e. The van der Waals surface area contributed by atoms with Crippen LogP contribution in [0, 0.1) is 11.8 Å². The first-order valence-electron chi connectivity index (χ1n) is 10.5. The van der Waals surface area contributed by atoms with Crippen molar-refractivity contribution in [3.05, 3.63) is 35.9 Å². The molecule has 9 nitrogen and oxygen atoms in total. The summed E-state index contributed by atoms with van der Waals surface area (Å²) in [6.07, 6.45) is 0.786. The molecule has 0 aromatic heterocycles. The number of benzene rings is 1. The molecule has 172 valence electrons. The summed E-state index contributed by atoms with van der Waals surface area (Å²) in [4.78, 5) is 48.9. The van der Waals surface area contributed by atoms with Crippen molar-refractivity contribution in [3.8, 4) is 0 Å². The molecule has 0 bridgehead atoms. The fraction of sp³-hybridized carbons (Fsp3) is 0.545. The third-order valence-electron chi connectivity index (χ3n) is 5.14. The minimum absolute atomic E-state index is 0.103. The minimum atomic E-state index is -1.19. The van der Waals surface area contributed by atoms with E-state index < -0.39 is 48.4 Å². The molecule has 1 rings (SSSR count). The third kappa shape index (κ3) is 8.75. The van der Waals surface area contributed by atoms with Gasteiger partial charge < -0.3 is 26.8 Å². The number of aliphatic carboxylic acids is 1. The van der Waals surface area contributed by atoms with Gasteiger partial charge in [-0.05, 0) is 17.4 Å². The normalized spacial score (nSPS) is 14.8. The van der Waals surface area contributed by atoms with Crippen LogP contribution in [0.1, 0.15) is 39.7 Å². The van der Waals surface area contributed by atoms with Crippen LogP contribution >= 0.6 is 0 Å². The molecule has 31 heavy (non-hydrogen) atoms. The summed E-state index contributed by atoms with van der Waals surface area (Å²) in [6.45, 7) is 6.77. The van der Waals surface area contributed by atoms with Crippen molar-refractivity contribution < 1.29 is 24.3 Å². The summed E-state index contributed by atoms with van der Waals surface area (Å²) in [7, 11) is 0. The fourth-order valence-corrected chi connectivity index (χ4v) is 2.86. The van der Waals surface area contributed by atoms with Gasteiger partial charge in [-0.1, -0.05) is 64.4 Å². The maximum atomic E-state index is 13.1. The van der Waals surface area contributed by atoms with Crippen LogP contribution in [0.3, 0.4) is 0 Å². The van der Waals surface area contributed by atoms with E-state index in [1.807, 2.05) is 33.8 Å². The number of carboxylic acids is 1. The van der Waals surface area contributed by atoms with E-state index in [1.54, 1.807) is 24.3 Å². The third-order valence-corrected chi connectivity index (χ3v) is 5.14. The van der Waals surface area contributed by atoms with E-state index in [2.05, 4.69) is 16.0 Å². The van der Waals surface area contributed by atoms with E-state index in [4.69, 9.17) is 10.8 Å². The highest BCUT2D eigenvalue weighted by atomic mass is 16.4. The van der Waals surface area contributed by atoms with Crippen molar-refractivity contribution in [2.45, 2.75) is 58.7 Å². The highest BCUT2D eigenvalue weighted by Gasteiger charge is 2.31. The molecule has 1 aromatic carbocycles. The number of nitrogens with two attached hydrogens (primary N) is 1. The van der Waals surface area contributed by atoms with Gasteiger partial charge in [0.1, 0.15) is 18.6 Å². The van der Waals surface area contributed by atoms with Crippen LogP contribution < -0.4 is 21.7 Å². The molecule has 0 fully saturated rings. The predicted molar refractivity (Wildman–Crippen MR) is 117 cm³/mol. The van der Waals surface area contributed by atoms with Crippen LogP contribution in [-0.4, -0.2) is 53.5 Å². The number of carboxylic acid groups (broad SMARTS) is 1. The molecular weight excluding hydrogens is 400 g/mol. The van der Waals surface area contributed by atoms with Crippen LogP contribution in [0.15, 0.2) is 30.3 Å².